The fourth-order valence-corrected chi connectivity index (χ4v) is 2.94. The number of hydrogen-bond acceptors (Lipinski definition) is 3. The van der Waals surface area contributed by atoms with Crippen LogP contribution >= 0.6 is 11.8 Å². The van der Waals surface area contributed by atoms with Crippen LogP contribution in [0, 0.1) is 0 Å². The summed E-state index contributed by atoms with van der Waals surface area (Å²) < 4.78 is 0. The van der Waals surface area contributed by atoms with Gasteiger partial charge in [0.05, 0.1) is 6.04 Å². The van der Waals surface area contributed by atoms with Gasteiger partial charge in [0.15, 0.2) is 0 Å². The van der Waals surface area contributed by atoms with Crippen LogP contribution in [0.3, 0.4) is 0 Å². The van der Waals surface area contributed by atoms with Gasteiger partial charge < -0.3 is 10.2 Å². The lowest BCUT2D eigenvalue weighted by Crippen LogP contribution is -2.52. The summed E-state index contributed by atoms with van der Waals surface area (Å²) >= 11 is 1.87. The van der Waals surface area contributed by atoms with Gasteiger partial charge in [-0.1, -0.05) is 30.3 Å². The average Bonchev–Trinajstić information content (AvgIpc) is 2.54. The standard InChI is InChI=1S/C16H25N3OS/c1-14(15-6-4-3-5-7-15)17-16(20)19-10-8-18(9-11-19)12-13-21-2/h3-7,14H,8-13H2,1-2H3,(H,17,20). The number of thioether (sulfide) groups is 1. The highest BCUT2D eigenvalue weighted by molar-refractivity contribution is 7.98. The van der Waals surface area contributed by atoms with E-state index < -0.39 is 0 Å². The molecular formula is C16H25N3OS. The van der Waals surface area contributed by atoms with Crippen molar-refractivity contribution in [1.82, 2.24) is 15.1 Å². The Hall–Kier alpha value is -1.20. The summed E-state index contributed by atoms with van der Waals surface area (Å²) in [6.45, 7) is 6.75. The van der Waals surface area contributed by atoms with E-state index in [2.05, 4.69) is 16.5 Å². The molecule has 1 fully saturated rings. The zero-order valence-electron chi connectivity index (χ0n) is 12.9. The molecule has 21 heavy (non-hydrogen) atoms. The second-order valence-electron chi connectivity index (χ2n) is 5.40. The van der Waals surface area contributed by atoms with Crippen LogP contribution in [-0.2, 0) is 0 Å². The van der Waals surface area contributed by atoms with Crippen LogP contribution in [0.4, 0.5) is 4.79 Å². The van der Waals surface area contributed by atoms with Crippen LogP contribution in [0.2, 0.25) is 0 Å². The predicted molar refractivity (Wildman–Crippen MR) is 89.8 cm³/mol. The van der Waals surface area contributed by atoms with Gasteiger partial charge in [0, 0.05) is 38.5 Å². The lowest BCUT2D eigenvalue weighted by Gasteiger charge is -2.35. The van der Waals surface area contributed by atoms with Crippen LogP contribution < -0.4 is 5.32 Å². The number of amides is 2. The molecule has 1 heterocycles. The number of urea groups is 1. The van der Waals surface area contributed by atoms with Crippen molar-refractivity contribution in [2.75, 3.05) is 44.7 Å². The van der Waals surface area contributed by atoms with Gasteiger partial charge in [0.25, 0.3) is 0 Å². The molecule has 4 nitrogen and oxygen atoms in total. The van der Waals surface area contributed by atoms with Crippen molar-refractivity contribution in [2.45, 2.75) is 13.0 Å². The molecule has 1 aromatic carbocycles. The average molecular weight is 307 g/mol. The maximum Gasteiger partial charge on any atom is 0.317 e. The van der Waals surface area contributed by atoms with E-state index in [0.29, 0.717) is 0 Å². The van der Waals surface area contributed by atoms with Crippen molar-refractivity contribution in [2.24, 2.45) is 0 Å². The van der Waals surface area contributed by atoms with E-state index in [1.54, 1.807) is 0 Å². The van der Waals surface area contributed by atoms with E-state index >= 15 is 0 Å². The Bertz CT molecular complexity index is 432. The lowest BCUT2D eigenvalue weighted by atomic mass is 10.1. The molecule has 1 atom stereocenters. The normalized spacial score (nSPS) is 17.5. The zero-order valence-corrected chi connectivity index (χ0v) is 13.7. The van der Waals surface area contributed by atoms with Gasteiger partial charge in [-0.3, -0.25) is 4.90 Å². The Morgan fingerprint density at radius 1 is 1.24 bits per heavy atom. The summed E-state index contributed by atoms with van der Waals surface area (Å²) in [4.78, 5) is 16.7. The Morgan fingerprint density at radius 2 is 1.90 bits per heavy atom. The van der Waals surface area contributed by atoms with Gasteiger partial charge in [0.2, 0.25) is 0 Å². The van der Waals surface area contributed by atoms with E-state index in [1.165, 1.54) is 0 Å². The predicted octanol–water partition coefficient (Wildman–Crippen LogP) is 2.44. The van der Waals surface area contributed by atoms with E-state index in [1.807, 2.05) is 53.9 Å². The first-order valence-corrected chi connectivity index (χ1v) is 8.92. The first kappa shape index (κ1) is 16.2. The van der Waals surface area contributed by atoms with Crippen molar-refractivity contribution < 1.29 is 4.79 Å². The third-order valence-electron chi connectivity index (χ3n) is 3.91. The molecule has 2 rings (SSSR count). The lowest BCUT2D eigenvalue weighted by molar-refractivity contribution is 0.142. The molecule has 0 aliphatic carbocycles. The summed E-state index contributed by atoms with van der Waals surface area (Å²) in [5.41, 5.74) is 1.14. The highest BCUT2D eigenvalue weighted by Gasteiger charge is 2.21. The van der Waals surface area contributed by atoms with Crippen molar-refractivity contribution in [3.8, 4) is 0 Å². The molecule has 1 aromatic rings. The third kappa shape index (κ3) is 4.93. The largest absolute Gasteiger partial charge is 0.331 e. The molecule has 0 radical (unpaired) electrons. The number of carbonyl (C=O) groups excluding carboxylic acids is 1. The van der Waals surface area contributed by atoms with Gasteiger partial charge in [-0.2, -0.15) is 11.8 Å². The SMILES string of the molecule is CSCCN1CCN(C(=O)NC(C)c2ccccc2)CC1. The quantitative estimate of drug-likeness (QED) is 0.907. The Labute approximate surface area is 131 Å². The van der Waals surface area contributed by atoms with Gasteiger partial charge in [-0.15, -0.1) is 0 Å². The molecule has 0 saturated carbocycles. The smallest absolute Gasteiger partial charge is 0.317 e. The second-order valence-corrected chi connectivity index (χ2v) is 6.39. The summed E-state index contributed by atoms with van der Waals surface area (Å²) in [6, 6.07) is 10.2. The number of benzene rings is 1. The van der Waals surface area contributed by atoms with Gasteiger partial charge in [0.1, 0.15) is 0 Å². The number of rotatable bonds is 5. The highest BCUT2D eigenvalue weighted by atomic mass is 32.2. The molecule has 2 amide bonds. The molecule has 1 aliphatic rings. The monoisotopic (exact) mass is 307 g/mol. The minimum Gasteiger partial charge on any atom is -0.331 e. The number of nitrogens with zero attached hydrogens (tertiary/aromatic N) is 2. The van der Waals surface area contributed by atoms with Crippen molar-refractivity contribution in [3.05, 3.63) is 35.9 Å². The number of nitrogens with one attached hydrogen (secondary N) is 1. The summed E-state index contributed by atoms with van der Waals surface area (Å²) in [6.07, 6.45) is 2.13. The van der Waals surface area contributed by atoms with Crippen LogP contribution in [0.1, 0.15) is 18.5 Å². The topological polar surface area (TPSA) is 35.6 Å². The third-order valence-corrected chi connectivity index (χ3v) is 4.50. The Morgan fingerprint density at radius 3 is 2.52 bits per heavy atom. The van der Waals surface area contributed by atoms with E-state index in [9.17, 15) is 4.79 Å². The minimum atomic E-state index is 0.0493. The first-order chi connectivity index (χ1) is 10.2. The van der Waals surface area contributed by atoms with Crippen LogP contribution in [0.25, 0.3) is 0 Å². The maximum absolute atomic E-state index is 12.3. The molecular weight excluding hydrogens is 282 g/mol. The van der Waals surface area contributed by atoms with Crippen LogP contribution in [0.15, 0.2) is 30.3 Å². The number of carbonyl (C=O) groups is 1. The molecule has 0 aromatic heterocycles. The fraction of sp³-hybridized carbons (Fsp3) is 0.562. The highest BCUT2D eigenvalue weighted by Crippen LogP contribution is 2.12. The van der Waals surface area contributed by atoms with Crippen LogP contribution in [0.5, 0.6) is 0 Å². The van der Waals surface area contributed by atoms with Gasteiger partial charge >= 0.3 is 6.03 Å². The molecule has 1 unspecified atom stereocenters. The summed E-state index contributed by atoms with van der Waals surface area (Å²) in [5.74, 6) is 1.16. The Balaban J connectivity index is 1.77. The minimum absolute atomic E-state index is 0.0493. The number of hydrogen-bond donors (Lipinski definition) is 1. The molecule has 5 heteroatoms. The molecule has 116 valence electrons. The van der Waals surface area contributed by atoms with Gasteiger partial charge in [-0.25, -0.2) is 4.79 Å². The van der Waals surface area contributed by atoms with Crippen LogP contribution in [-0.4, -0.2) is 60.6 Å². The number of piperazine rings is 1. The van der Waals surface area contributed by atoms with E-state index in [-0.39, 0.29) is 12.1 Å². The summed E-state index contributed by atoms with van der Waals surface area (Å²) in [7, 11) is 0. The van der Waals surface area contributed by atoms with Crippen molar-refractivity contribution in [3.63, 3.8) is 0 Å². The molecule has 1 aliphatic heterocycles. The fourth-order valence-electron chi connectivity index (χ4n) is 2.50. The van der Waals surface area contributed by atoms with Crippen molar-refractivity contribution >= 4 is 17.8 Å². The molecule has 0 bridgehead atoms. The molecule has 0 spiro atoms. The molecule has 1 N–H and O–H groups in total. The van der Waals surface area contributed by atoms with E-state index in [0.717, 1.165) is 44.0 Å². The summed E-state index contributed by atoms with van der Waals surface area (Å²) in [5, 5.41) is 3.09. The first-order valence-electron chi connectivity index (χ1n) is 7.52. The van der Waals surface area contributed by atoms with Crippen molar-refractivity contribution in [1.29, 1.82) is 0 Å². The molecule has 1 saturated heterocycles. The zero-order chi connectivity index (χ0) is 15.1. The van der Waals surface area contributed by atoms with Gasteiger partial charge in [-0.05, 0) is 18.7 Å². The van der Waals surface area contributed by atoms with E-state index in [4.69, 9.17) is 0 Å². The second kappa shape index (κ2) is 8.29. The Kier molecular flexibility index (Phi) is 6.39. The maximum atomic E-state index is 12.3.